The maximum atomic E-state index is 12.5. The number of anilines is 1. The highest BCUT2D eigenvalue weighted by Crippen LogP contribution is 2.19. The Morgan fingerprint density at radius 2 is 1.64 bits per heavy atom. The predicted molar refractivity (Wildman–Crippen MR) is 114 cm³/mol. The number of amides is 2. The van der Waals surface area contributed by atoms with Crippen LogP contribution in [0.4, 0.5) is 5.69 Å². The van der Waals surface area contributed by atoms with Crippen molar-refractivity contribution in [2.75, 3.05) is 18.9 Å². The number of nitrogens with one attached hydrogen (secondary N) is 2. The summed E-state index contributed by atoms with van der Waals surface area (Å²) in [5.41, 5.74) is 6.45. The first-order chi connectivity index (χ1) is 13.2. The molecule has 0 spiro atoms. The Hall–Kier alpha value is -2.66. The van der Waals surface area contributed by atoms with Crippen LogP contribution < -0.4 is 10.6 Å². The molecule has 28 heavy (non-hydrogen) atoms. The van der Waals surface area contributed by atoms with Crippen LogP contribution in [-0.4, -0.2) is 36.3 Å². The average molecular weight is 382 g/mol. The highest BCUT2D eigenvalue weighted by Gasteiger charge is 2.19. The molecular formula is C23H31N3O2. The van der Waals surface area contributed by atoms with Crippen molar-refractivity contribution in [1.82, 2.24) is 10.2 Å². The maximum Gasteiger partial charge on any atom is 0.243 e. The molecule has 2 N–H and O–H groups in total. The van der Waals surface area contributed by atoms with E-state index in [1.54, 1.807) is 0 Å². The first-order valence-corrected chi connectivity index (χ1v) is 9.59. The summed E-state index contributed by atoms with van der Waals surface area (Å²) < 4.78 is 0. The standard InChI is InChI=1S/C23H31N3O2/c1-15-10-11-20(18(4)12-15)14-26(6)19(5)23(28)24-13-21(27)25-22-16(2)8-7-9-17(22)3/h7-12,19H,13-14H2,1-6H3,(H,24,28)(H,25,27)/t19-/m1/s1. The van der Waals surface area contributed by atoms with Gasteiger partial charge in [-0.05, 0) is 63.9 Å². The third kappa shape index (κ3) is 5.67. The van der Waals surface area contributed by atoms with Crippen molar-refractivity contribution in [2.45, 2.75) is 47.2 Å². The van der Waals surface area contributed by atoms with Crippen LogP contribution in [0, 0.1) is 27.7 Å². The lowest BCUT2D eigenvalue weighted by molar-refractivity contribution is -0.127. The number of rotatable bonds is 7. The number of likely N-dealkylation sites (N-methyl/N-ethyl adjacent to an activating group) is 1. The van der Waals surface area contributed by atoms with Gasteiger partial charge in [0.25, 0.3) is 0 Å². The minimum atomic E-state index is -0.339. The van der Waals surface area contributed by atoms with E-state index in [1.165, 1.54) is 16.7 Å². The van der Waals surface area contributed by atoms with Crippen LogP contribution in [0.3, 0.4) is 0 Å². The molecular weight excluding hydrogens is 350 g/mol. The molecule has 2 rings (SSSR count). The van der Waals surface area contributed by atoms with Crippen molar-refractivity contribution in [3.63, 3.8) is 0 Å². The van der Waals surface area contributed by atoms with E-state index in [0.717, 1.165) is 16.8 Å². The Labute approximate surface area is 168 Å². The molecule has 2 aromatic rings. The molecule has 0 heterocycles. The molecule has 2 aromatic carbocycles. The van der Waals surface area contributed by atoms with Gasteiger partial charge in [-0.15, -0.1) is 0 Å². The van der Waals surface area contributed by atoms with Gasteiger partial charge in [-0.2, -0.15) is 0 Å². The Morgan fingerprint density at radius 3 is 2.25 bits per heavy atom. The van der Waals surface area contributed by atoms with Gasteiger partial charge in [0.05, 0.1) is 12.6 Å². The van der Waals surface area contributed by atoms with Crippen molar-refractivity contribution in [1.29, 1.82) is 0 Å². The van der Waals surface area contributed by atoms with Crippen LogP contribution in [0.1, 0.15) is 34.7 Å². The summed E-state index contributed by atoms with van der Waals surface area (Å²) in [5.74, 6) is -0.390. The number of hydrogen-bond acceptors (Lipinski definition) is 3. The lowest BCUT2D eigenvalue weighted by Crippen LogP contribution is -2.45. The summed E-state index contributed by atoms with van der Waals surface area (Å²) in [6.07, 6.45) is 0. The van der Waals surface area contributed by atoms with Crippen LogP contribution in [0.5, 0.6) is 0 Å². The van der Waals surface area contributed by atoms with Crippen LogP contribution in [0.2, 0.25) is 0 Å². The normalized spacial score (nSPS) is 12.0. The van der Waals surface area contributed by atoms with Gasteiger partial charge in [0.2, 0.25) is 11.8 Å². The molecule has 0 aromatic heterocycles. The van der Waals surface area contributed by atoms with E-state index >= 15 is 0 Å². The largest absolute Gasteiger partial charge is 0.346 e. The van der Waals surface area contributed by atoms with Crippen LogP contribution in [0.15, 0.2) is 36.4 Å². The topological polar surface area (TPSA) is 61.4 Å². The molecule has 0 aliphatic rings. The summed E-state index contributed by atoms with van der Waals surface area (Å²) in [7, 11) is 1.92. The number of para-hydroxylation sites is 1. The van der Waals surface area contributed by atoms with Crippen molar-refractivity contribution in [2.24, 2.45) is 0 Å². The molecule has 5 nitrogen and oxygen atoms in total. The van der Waals surface area contributed by atoms with Crippen molar-refractivity contribution < 1.29 is 9.59 Å². The highest BCUT2D eigenvalue weighted by atomic mass is 16.2. The highest BCUT2D eigenvalue weighted by molar-refractivity contribution is 5.96. The Kier molecular flexibility index (Phi) is 7.35. The third-order valence-electron chi connectivity index (χ3n) is 5.13. The minimum Gasteiger partial charge on any atom is -0.346 e. The molecule has 0 radical (unpaired) electrons. The monoisotopic (exact) mass is 381 g/mol. The summed E-state index contributed by atoms with van der Waals surface area (Å²) in [4.78, 5) is 26.7. The fourth-order valence-corrected chi connectivity index (χ4v) is 3.14. The van der Waals surface area contributed by atoms with Crippen LogP contribution >= 0.6 is 0 Å². The molecule has 0 bridgehead atoms. The number of benzene rings is 2. The smallest absolute Gasteiger partial charge is 0.243 e. The number of hydrogen-bond donors (Lipinski definition) is 2. The number of carbonyl (C=O) groups excluding carboxylic acids is 2. The summed E-state index contributed by atoms with van der Waals surface area (Å²) in [6.45, 7) is 10.5. The molecule has 1 atom stereocenters. The summed E-state index contributed by atoms with van der Waals surface area (Å²) in [6, 6.07) is 11.8. The molecule has 0 fully saturated rings. The molecule has 0 aliphatic heterocycles. The van der Waals surface area contributed by atoms with E-state index in [4.69, 9.17) is 0 Å². The first-order valence-electron chi connectivity index (χ1n) is 9.59. The van der Waals surface area contributed by atoms with E-state index in [1.807, 2.05) is 50.9 Å². The number of carbonyl (C=O) groups is 2. The first kappa shape index (κ1) is 21.6. The molecule has 0 saturated heterocycles. The molecule has 5 heteroatoms. The molecule has 150 valence electrons. The van der Waals surface area contributed by atoms with E-state index in [9.17, 15) is 9.59 Å². The van der Waals surface area contributed by atoms with E-state index < -0.39 is 0 Å². The quantitative estimate of drug-likeness (QED) is 0.772. The fourth-order valence-electron chi connectivity index (χ4n) is 3.14. The van der Waals surface area contributed by atoms with E-state index in [2.05, 4.69) is 42.7 Å². The van der Waals surface area contributed by atoms with Gasteiger partial charge in [0.1, 0.15) is 0 Å². The van der Waals surface area contributed by atoms with Crippen LogP contribution in [0.25, 0.3) is 0 Å². The second kappa shape index (κ2) is 9.51. The summed E-state index contributed by atoms with van der Waals surface area (Å²) in [5, 5.41) is 5.63. The maximum absolute atomic E-state index is 12.5. The second-order valence-corrected chi connectivity index (χ2v) is 7.55. The third-order valence-corrected chi connectivity index (χ3v) is 5.13. The van der Waals surface area contributed by atoms with Gasteiger partial charge >= 0.3 is 0 Å². The lowest BCUT2D eigenvalue weighted by Gasteiger charge is -2.24. The Bertz CT molecular complexity index is 841. The number of nitrogens with zero attached hydrogens (tertiary/aromatic N) is 1. The zero-order chi connectivity index (χ0) is 20.8. The Balaban J connectivity index is 1.88. The fraction of sp³-hybridized carbons (Fsp3) is 0.391. The van der Waals surface area contributed by atoms with Crippen molar-refractivity contribution >= 4 is 17.5 Å². The van der Waals surface area contributed by atoms with Crippen molar-refractivity contribution in [3.05, 3.63) is 64.2 Å². The van der Waals surface area contributed by atoms with Gasteiger partial charge in [-0.25, -0.2) is 0 Å². The van der Waals surface area contributed by atoms with Gasteiger partial charge in [0, 0.05) is 12.2 Å². The Morgan fingerprint density at radius 1 is 1.00 bits per heavy atom. The van der Waals surface area contributed by atoms with Crippen molar-refractivity contribution in [3.8, 4) is 0 Å². The SMILES string of the molecule is Cc1ccc(CN(C)[C@H](C)C(=O)NCC(=O)Nc2c(C)cccc2C)c(C)c1. The summed E-state index contributed by atoms with van der Waals surface area (Å²) >= 11 is 0. The van der Waals surface area contributed by atoms with E-state index in [-0.39, 0.29) is 24.4 Å². The zero-order valence-corrected chi connectivity index (χ0v) is 17.7. The average Bonchev–Trinajstić information content (AvgIpc) is 2.64. The van der Waals surface area contributed by atoms with Gasteiger partial charge < -0.3 is 10.6 Å². The molecule has 0 saturated carbocycles. The molecule has 2 amide bonds. The van der Waals surface area contributed by atoms with Crippen LogP contribution in [-0.2, 0) is 16.1 Å². The minimum absolute atomic E-state index is 0.0473. The lowest BCUT2D eigenvalue weighted by atomic mass is 10.0. The predicted octanol–water partition coefficient (Wildman–Crippen LogP) is 3.50. The molecule has 0 unspecified atom stereocenters. The molecule has 0 aliphatic carbocycles. The van der Waals surface area contributed by atoms with Gasteiger partial charge in [-0.3, -0.25) is 14.5 Å². The number of aryl methyl sites for hydroxylation is 4. The van der Waals surface area contributed by atoms with Gasteiger partial charge in [0.15, 0.2) is 0 Å². The van der Waals surface area contributed by atoms with E-state index in [0.29, 0.717) is 6.54 Å². The second-order valence-electron chi connectivity index (χ2n) is 7.55. The van der Waals surface area contributed by atoms with Gasteiger partial charge in [-0.1, -0.05) is 42.0 Å². The zero-order valence-electron chi connectivity index (χ0n) is 17.7.